The third kappa shape index (κ3) is 5.86. The Labute approximate surface area is 179 Å². The summed E-state index contributed by atoms with van der Waals surface area (Å²) in [6.45, 7) is 6.75. The third-order valence-electron chi connectivity index (χ3n) is 6.15. The summed E-state index contributed by atoms with van der Waals surface area (Å²) in [6.07, 6.45) is 0.541. The Balaban J connectivity index is 1.39. The summed E-state index contributed by atoms with van der Waals surface area (Å²) in [4.78, 5) is 19.0. The molecule has 30 heavy (non-hydrogen) atoms. The molecule has 1 amide bonds. The molecular formula is C21H33N3O5S. The molecule has 8 nitrogen and oxygen atoms in total. The van der Waals surface area contributed by atoms with Gasteiger partial charge in [-0.3, -0.25) is 14.6 Å². The Morgan fingerprint density at radius 2 is 1.80 bits per heavy atom. The number of amides is 1. The normalized spacial score (nSPS) is 23.1. The number of piperazine rings is 1. The van der Waals surface area contributed by atoms with E-state index in [9.17, 15) is 13.2 Å². The van der Waals surface area contributed by atoms with Crippen LogP contribution < -0.4 is 9.47 Å². The number of rotatable bonds is 8. The summed E-state index contributed by atoms with van der Waals surface area (Å²) in [5.74, 6) is 1.91. The van der Waals surface area contributed by atoms with Gasteiger partial charge in [0.25, 0.3) is 0 Å². The van der Waals surface area contributed by atoms with Gasteiger partial charge in [0.05, 0.1) is 24.7 Å². The van der Waals surface area contributed by atoms with Gasteiger partial charge in [0.15, 0.2) is 9.84 Å². The number of hydrogen-bond donors (Lipinski definition) is 0. The molecule has 0 aromatic heterocycles. The van der Waals surface area contributed by atoms with Gasteiger partial charge in [0.2, 0.25) is 5.91 Å². The standard InChI is InChI=1S/C21H33N3O5S/c1-17(21(25)22(2)18-8-15-30(26,27)16-18)24-11-9-23(10-12-24)13-14-29-20-6-4-19(28-3)5-7-20/h4-7,17-18H,8-16H2,1-3H3/t17-,18+/m1/s1. The van der Waals surface area contributed by atoms with Crippen molar-refractivity contribution in [2.75, 3.05) is 65.0 Å². The van der Waals surface area contributed by atoms with Gasteiger partial charge in [0, 0.05) is 45.8 Å². The van der Waals surface area contributed by atoms with Crippen LogP contribution in [-0.4, -0.2) is 106 Å². The fourth-order valence-corrected chi connectivity index (χ4v) is 5.82. The summed E-state index contributed by atoms with van der Waals surface area (Å²) in [5, 5.41) is 0. The van der Waals surface area contributed by atoms with Crippen molar-refractivity contribution in [2.45, 2.75) is 25.4 Å². The predicted octanol–water partition coefficient (Wildman–Crippen LogP) is 0.726. The molecule has 0 unspecified atom stereocenters. The average molecular weight is 440 g/mol. The second-order valence-electron chi connectivity index (χ2n) is 8.08. The zero-order valence-corrected chi connectivity index (χ0v) is 18.9. The molecule has 0 bridgehead atoms. The maximum atomic E-state index is 12.8. The number of benzene rings is 1. The van der Waals surface area contributed by atoms with Crippen molar-refractivity contribution in [3.05, 3.63) is 24.3 Å². The number of sulfone groups is 1. The van der Waals surface area contributed by atoms with E-state index in [0.717, 1.165) is 44.2 Å². The largest absolute Gasteiger partial charge is 0.497 e. The van der Waals surface area contributed by atoms with Crippen LogP contribution in [0.25, 0.3) is 0 Å². The minimum Gasteiger partial charge on any atom is -0.497 e. The fraction of sp³-hybridized carbons (Fsp3) is 0.667. The minimum atomic E-state index is -3.00. The highest BCUT2D eigenvalue weighted by atomic mass is 32.2. The summed E-state index contributed by atoms with van der Waals surface area (Å²) >= 11 is 0. The molecule has 2 heterocycles. The second-order valence-corrected chi connectivity index (χ2v) is 10.3. The third-order valence-corrected chi connectivity index (χ3v) is 7.90. The van der Waals surface area contributed by atoms with E-state index >= 15 is 0 Å². The van der Waals surface area contributed by atoms with Crippen LogP contribution in [0.15, 0.2) is 24.3 Å². The number of carbonyl (C=O) groups is 1. The maximum absolute atomic E-state index is 12.8. The smallest absolute Gasteiger partial charge is 0.239 e. The quantitative estimate of drug-likeness (QED) is 0.591. The van der Waals surface area contributed by atoms with E-state index in [4.69, 9.17) is 9.47 Å². The Bertz CT molecular complexity index is 806. The first-order valence-electron chi connectivity index (χ1n) is 10.5. The van der Waals surface area contributed by atoms with Crippen molar-refractivity contribution in [3.63, 3.8) is 0 Å². The molecule has 9 heteroatoms. The van der Waals surface area contributed by atoms with E-state index in [1.807, 2.05) is 31.2 Å². The number of hydrogen-bond acceptors (Lipinski definition) is 7. The van der Waals surface area contributed by atoms with Crippen LogP contribution in [0, 0.1) is 0 Å². The van der Waals surface area contributed by atoms with Crippen LogP contribution in [0.4, 0.5) is 0 Å². The zero-order valence-electron chi connectivity index (χ0n) is 18.1. The molecule has 2 aliphatic rings. The summed E-state index contributed by atoms with van der Waals surface area (Å²) in [6, 6.07) is 7.12. The molecule has 0 saturated carbocycles. The molecule has 168 valence electrons. The number of methoxy groups -OCH3 is 1. The summed E-state index contributed by atoms with van der Waals surface area (Å²) < 4.78 is 34.4. The van der Waals surface area contributed by atoms with E-state index in [0.29, 0.717) is 13.0 Å². The van der Waals surface area contributed by atoms with Crippen molar-refractivity contribution in [1.82, 2.24) is 14.7 Å². The molecule has 1 aromatic carbocycles. The molecule has 1 aromatic rings. The molecule has 3 rings (SSSR count). The fourth-order valence-electron chi connectivity index (χ4n) is 4.05. The van der Waals surface area contributed by atoms with E-state index in [-0.39, 0.29) is 29.5 Å². The Morgan fingerprint density at radius 1 is 1.17 bits per heavy atom. The van der Waals surface area contributed by atoms with Crippen LogP contribution in [0.5, 0.6) is 11.5 Å². The van der Waals surface area contributed by atoms with Crippen LogP contribution in [0.1, 0.15) is 13.3 Å². The molecular weight excluding hydrogens is 406 g/mol. The summed E-state index contributed by atoms with van der Waals surface area (Å²) in [5.41, 5.74) is 0. The predicted molar refractivity (Wildman–Crippen MR) is 116 cm³/mol. The topological polar surface area (TPSA) is 79.4 Å². The Morgan fingerprint density at radius 3 is 2.37 bits per heavy atom. The lowest BCUT2D eigenvalue weighted by atomic mass is 10.1. The van der Waals surface area contributed by atoms with E-state index in [2.05, 4.69) is 9.80 Å². The highest BCUT2D eigenvalue weighted by Crippen LogP contribution is 2.19. The van der Waals surface area contributed by atoms with E-state index in [1.165, 1.54) is 0 Å². The van der Waals surface area contributed by atoms with Gasteiger partial charge in [-0.05, 0) is 37.6 Å². The van der Waals surface area contributed by atoms with Crippen LogP contribution >= 0.6 is 0 Å². The van der Waals surface area contributed by atoms with Gasteiger partial charge in [-0.25, -0.2) is 8.42 Å². The van der Waals surface area contributed by atoms with E-state index in [1.54, 1.807) is 19.1 Å². The first kappa shape index (κ1) is 22.8. The van der Waals surface area contributed by atoms with Gasteiger partial charge in [0.1, 0.15) is 18.1 Å². The molecule has 0 N–H and O–H groups in total. The Kier molecular flexibility index (Phi) is 7.60. The van der Waals surface area contributed by atoms with Crippen molar-refractivity contribution < 1.29 is 22.7 Å². The lowest BCUT2D eigenvalue weighted by Gasteiger charge is -2.39. The minimum absolute atomic E-state index is 0.00777. The molecule has 2 atom stereocenters. The van der Waals surface area contributed by atoms with Gasteiger partial charge in [-0.15, -0.1) is 0 Å². The summed E-state index contributed by atoms with van der Waals surface area (Å²) in [7, 11) is 0.377. The number of ether oxygens (including phenoxy) is 2. The van der Waals surface area contributed by atoms with Crippen molar-refractivity contribution >= 4 is 15.7 Å². The van der Waals surface area contributed by atoms with Crippen molar-refractivity contribution in [2.24, 2.45) is 0 Å². The van der Waals surface area contributed by atoms with Gasteiger partial charge in [-0.1, -0.05) is 0 Å². The molecule has 2 fully saturated rings. The molecule has 2 aliphatic heterocycles. The number of likely N-dealkylation sites (N-methyl/N-ethyl adjacent to an activating group) is 1. The lowest BCUT2D eigenvalue weighted by Crippen LogP contribution is -2.55. The second kappa shape index (κ2) is 9.98. The highest BCUT2D eigenvalue weighted by Gasteiger charge is 2.35. The van der Waals surface area contributed by atoms with E-state index < -0.39 is 9.84 Å². The van der Waals surface area contributed by atoms with Crippen molar-refractivity contribution in [3.8, 4) is 11.5 Å². The van der Waals surface area contributed by atoms with Gasteiger partial charge >= 0.3 is 0 Å². The molecule has 0 radical (unpaired) electrons. The first-order valence-corrected chi connectivity index (χ1v) is 12.3. The van der Waals surface area contributed by atoms with Gasteiger partial charge < -0.3 is 14.4 Å². The lowest BCUT2D eigenvalue weighted by molar-refractivity contribution is -0.137. The number of nitrogens with zero attached hydrogens (tertiary/aromatic N) is 3. The zero-order chi connectivity index (χ0) is 21.7. The average Bonchev–Trinajstić information content (AvgIpc) is 3.13. The SMILES string of the molecule is COc1ccc(OCCN2CCN([C@H](C)C(=O)N(C)[C@H]3CCS(=O)(=O)C3)CC2)cc1. The molecule has 0 spiro atoms. The Hall–Kier alpha value is -1.84. The maximum Gasteiger partial charge on any atom is 0.239 e. The van der Waals surface area contributed by atoms with Crippen molar-refractivity contribution in [1.29, 1.82) is 0 Å². The molecule has 0 aliphatic carbocycles. The number of carbonyl (C=O) groups excluding carboxylic acids is 1. The van der Waals surface area contributed by atoms with Crippen LogP contribution in [-0.2, 0) is 14.6 Å². The van der Waals surface area contributed by atoms with Gasteiger partial charge in [-0.2, -0.15) is 0 Å². The van der Waals surface area contributed by atoms with Crippen LogP contribution in [0.2, 0.25) is 0 Å². The highest BCUT2D eigenvalue weighted by molar-refractivity contribution is 7.91. The molecule has 2 saturated heterocycles. The first-order chi connectivity index (χ1) is 14.3. The monoisotopic (exact) mass is 439 g/mol. The van der Waals surface area contributed by atoms with Crippen LogP contribution in [0.3, 0.4) is 0 Å².